The number of hydrogen-bond acceptors (Lipinski definition) is 4. The topological polar surface area (TPSA) is 59.1 Å². The molecule has 3 heterocycles. The summed E-state index contributed by atoms with van der Waals surface area (Å²) in [7, 11) is 0. The average Bonchev–Trinajstić information content (AvgIpc) is 2.70. The van der Waals surface area contributed by atoms with Crippen molar-refractivity contribution in [2.75, 3.05) is 6.61 Å². The molecule has 21 heavy (non-hydrogen) atoms. The van der Waals surface area contributed by atoms with E-state index in [0.717, 1.165) is 6.42 Å². The Hall–Kier alpha value is -1.27. The number of hydroxylamine groups is 2. The SMILES string of the molecule is CC(C)(C)OC(=O)N1[C@H]2C=C[C@@]13CCCON3C(=O)[C@@H]2Cl. The van der Waals surface area contributed by atoms with Gasteiger partial charge in [0, 0.05) is 0 Å². The first kappa shape index (κ1) is 14.7. The quantitative estimate of drug-likeness (QED) is 0.507. The van der Waals surface area contributed by atoms with Gasteiger partial charge in [-0.1, -0.05) is 6.08 Å². The number of amides is 2. The van der Waals surface area contributed by atoms with E-state index in [0.29, 0.717) is 13.0 Å². The van der Waals surface area contributed by atoms with E-state index in [2.05, 4.69) is 0 Å². The summed E-state index contributed by atoms with van der Waals surface area (Å²) >= 11 is 6.21. The van der Waals surface area contributed by atoms with E-state index < -0.39 is 28.8 Å². The smallest absolute Gasteiger partial charge is 0.413 e. The number of ether oxygens (including phenoxy) is 1. The first-order valence-electron chi connectivity index (χ1n) is 7.09. The summed E-state index contributed by atoms with van der Waals surface area (Å²) in [5.74, 6) is -0.300. The van der Waals surface area contributed by atoms with Crippen molar-refractivity contribution in [3.63, 3.8) is 0 Å². The molecule has 0 aromatic rings. The summed E-state index contributed by atoms with van der Waals surface area (Å²) in [5.41, 5.74) is -1.51. The molecular weight excluding hydrogens is 296 g/mol. The van der Waals surface area contributed by atoms with Gasteiger partial charge < -0.3 is 4.74 Å². The lowest BCUT2D eigenvalue weighted by atomic mass is 9.98. The zero-order chi connectivity index (χ0) is 15.4. The van der Waals surface area contributed by atoms with Crippen molar-refractivity contribution in [1.82, 2.24) is 9.96 Å². The van der Waals surface area contributed by atoms with Crippen molar-refractivity contribution in [2.24, 2.45) is 0 Å². The molecule has 2 bridgehead atoms. The fraction of sp³-hybridized carbons (Fsp3) is 0.714. The molecule has 7 heteroatoms. The van der Waals surface area contributed by atoms with Gasteiger partial charge in [0.1, 0.15) is 11.0 Å². The fourth-order valence-corrected chi connectivity index (χ4v) is 3.37. The minimum Gasteiger partial charge on any atom is -0.444 e. The maximum absolute atomic E-state index is 12.6. The van der Waals surface area contributed by atoms with Crippen LogP contribution in [0.25, 0.3) is 0 Å². The van der Waals surface area contributed by atoms with Gasteiger partial charge in [0.2, 0.25) is 0 Å². The van der Waals surface area contributed by atoms with E-state index >= 15 is 0 Å². The highest BCUT2D eigenvalue weighted by atomic mass is 35.5. The Labute approximate surface area is 128 Å². The summed E-state index contributed by atoms with van der Waals surface area (Å²) in [6, 6.07) is -0.494. The van der Waals surface area contributed by atoms with Gasteiger partial charge in [0.15, 0.2) is 5.66 Å². The lowest BCUT2D eigenvalue weighted by Crippen LogP contribution is -2.72. The third-order valence-corrected chi connectivity index (χ3v) is 4.31. The summed E-state index contributed by atoms with van der Waals surface area (Å²) in [5, 5.41) is 0.389. The zero-order valence-electron chi connectivity index (χ0n) is 12.3. The number of halogens is 1. The normalized spacial score (nSPS) is 35.0. The van der Waals surface area contributed by atoms with Crippen LogP contribution in [0.3, 0.4) is 0 Å². The average molecular weight is 315 g/mol. The van der Waals surface area contributed by atoms with Crippen LogP contribution in [0, 0.1) is 0 Å². The summed E-state index contributed by atoms with van der Waals surface area (Å²) in [4.78, 5) is 31.9. The Balaban J connectivity index is 1.97. The van der Waals surface area contributed by atoms with E-state index in [9.17, 15) is 9.59 Å². The van der Waals surface area contributed by atoms with Crippen molar-refractivity contribution in [3.05, 3.63) is 12.2 Å². The number of rotatable bonds is 0. The molecule has 0 aliphatic carbocycles. The number of hydrogen-bond donors (Lipinski definition) is 0. The molecule has 3 atom stereocenters. The molecule has 6 nitrogen and oxygen atoms in total. The second kappa shape index (κ2) is 4.61. The van der Waals surface area contributed by atoms with Crippen LogP contribution < -0.4 is 0 Å². The molecule has 3 aliphatic rings. The van der Waals surface area contributed by atoms with Gasteiger partial charge in [0.25, 0.3) is 5.91 Å². The molecule has 2 amide bonds. The molecule has 3 aliphatic heterocycles. The maximum Gasteiger partial charge on any atom is 0.413 e. The van der Waals surface area contributed by atoms with Crippen LogP contribution >= 0.6 is 11.6 Å². The molecule has 0 N–H and O–H groups in total. The van der Waals surface area contributed by atoms with Crippen molar-refractivity contribution in [3.8, 4) is 0 Å². The number of nitrogens with zero attached hydrogens (tertiary/aromatic N) is 2. The van der Waals surface area contributed by atoms with Crippen LogP contribution in [0.5, 0.6) is 0 Å². The van der Waals surface area contributed by atoms with Gasteiger partial charge in [0.05, 0.1) is 12.6 Å². The fourth-order valence-electron chi connectivity index (χ4n) is 3.08. The molecule has 0 radical (unpaired) electrons. The Bertz CT molecular complexity index is 516. The molecule has 0 saturated carbocycles. The van der Waals surface area contributed by atoms with Gasteiger partial charge in [-0.3, -0.25) is 14.5 Å². The number of fused-ring (bicyclic) bond motifs is 1. The predicted octanol–water partition coefficient (Wildman–Crippen LogP) is 2.03. The van der Waals surface area contributed by atoms with E-state index in [4.69, 9.17) is 21.2 Å². The van der Waals surface area contributed by atoms with E-state index in [-0.39, 0.29) is 5.91 Å². The Morgan fingerprint density at radius 2 is 2.24 bits per heavy atom. The second-order valence-electron chi connectivity index (χ2n) is 6.55. The van der Waals surface area contributed by atoms with Crippen LogP contribution in [0.4, 0.5) is 4.79 Å². The van der Waals surface area contributed by atoms with Gasteiger partial charge in [-0.15, -0.1) is 11.6 Å². The van der Waals surface area contributed by atoms with Gasteiger partial charge in [-0.05, 0) is 39.7 Å². The third kappa shape index (κ3) is 2.12. The van der Waals surface area contributed by atoms with E-state index in [1.54, 1.807) is 26.8 Å². The minimum absolute atomic E-state index is 0.300. The summed E-state index contributed by atoms with van der Waals surface area (Å²) in [6.07, 6.45) is 4.53. The van der Waals surface area contributed by atoms with Crippen molar-refractivity contribution < 1.29 is 19.2 Å². The van der Waals surface area contributed by atoms with Crippen LogP contribution in [0.1, 0.15) is 33.6 Å². The summed E-state index contributed by atoms with van der Waals surface area (Å²) < 4.78 is 5.48. The van der Waals surface area contributed by atoms with Crippen LogP contribution in [-0.2, 0) is 14.4 Å². The highest BCUT2D eigenvalue weighted by molar-refractivity contribution is 6.32. The van der Waals surface area contributed by atoms with Crippen LogP contribution in [0.2, 0.25) is 0 Å². The molecule has 3 rings (SSSR count). The second-order valence-corrected chi connectivity index (χ2v) is 7.02. The monoisotopic (exact) mass is 314 g/mol. The van der Waals surface area contributed by atoms with Crippen molar-refractivity contribution >= 4 is 23.6 Å². The minimum atomic E-state index is -0.895. The van der Waals surface area contributed by atoms with Crippen LogP contribution in [0.15, 0.2) is 12.2 Å². The van der Waals surface area contributed by atoms with Gasteiger partial charge >= 0.3 is 6.09 Å². The first-order chi connectivity index (χ1) is 9.76. The van der Waals surface area contributed by atoms with Crippen molar-refractivity contribution in [1.29, 1.82) is 0 Å². The predicted molar refractivity (Wildman–Crippen MR) is 75.4 cm³/mol. The first-order valence-corrected chi connectivity index (χ1v) is 7.53. The Morgan fingerprint density at radius 3 is 2.90 bits per heavy atom. The van der Waals surface area contributed by atoms with E-state index in [1.807, 2.05) is 6.08 Å². The van der Waals surface area contributed by atoms with Crippen LogP contribution in [-0.4, -0.2) is 51.3 Å². The third-order valence-electron chi connectivity index (χ3n) is 3.86. The number of alkyl halides is 1. The molecule has 1 spiro atoms. The largest absolute Gasteiger partial charge is 0.444 e. The van der Waals surface area contributed by atoms with Gasteiger partial charge in [-0.2, -0.15) is 5.06 Å². The molecule has 0 aromatic carbocycles. The maximum atomic E-state index is 12.6. The number of carbonyl (C=O) groups is 2. The Kier molecular flexibility index (Phi) is 3.22. The highest BCUT2D eigenvalue weighted by Gasteiger charge is 2.61. The zero-order valence-corrected chi connectivity index (χ0v) is 13.1. The molecular formula is C14H19ClN2O4. The molecule has 0 unspecified atom stereocenters. The molecule has 116 valence electrons. The highest BCUT2D eigenvalue weighted by Crippen LogP contribution is 2.45. The van der Waals surface area contributed by atoms with Gasteiger partial charge in [-0.25, -0.2) is 4.79 Å². The molecule has 2 saturated heterocycles. The Morgan fingerprint density at radius 1 is 1.52 bits per heavy atom. The van der Waals surface area contributed by atoms with Crippen molar-refractivity contribution in [2.45, 2.75) is 56.3 Å². The lowest BCUT2D eigenvalue weighted by Gasteiger charge is -2.53. The number of carbonyl (C=O) groups excluding carboxylic acids is 2. The molecule has 0 aromatic heterocycles. The lowest BCUT2D eigenvalue weighted by molar-refractivity contribution is -0.268. The molecule has 2 fully saturated rings. The standard InChI is InChI=1S/C14H19ClN2O4/c1-13(2,3)21-12(19)16-9-5-7-14(16)6-4-8-20-17(14)11(18)10(9)15/h5,7,9-10H,4,6,8H2,1-3H3/t9-,10+,14-/m0/s1. The summed E-state index contributed by atoms with van der Waals surface area (Å²) in [6.45, 7) is 5.86. The van der Waals surface area contributed by atoms with E-state index in [1.165, 1.54) is 9.96 Å².